The van der Waals surface area contributed by atoms with Crippen LogP contribution in [0.4, 0.5) is 11.6 Å². The molecule has 2 heterocycles. The second-order valence-corrected chi connectivity index (χ2v) is 5.68. The molecule has 2 rings (SSSR count). The van der Waals surface area contributed by atoms with Crippen molar-refractivity contribution in [3.63, 3.8) is 0 Å². The fraction of sp³-hybridized carbons (Fsp3) is 0.625. The summed E-state index contributed by atoms with van der Waals surface area (Å²) in [6.07, 6.45) is 3.31. The second-order valence-electron chi connectivity index (χ2n) is 5.68. The van der Waals surface area contributed by atoms with E-state index in [0.717, 1.165) is 57.1 Å². The van der Waals surface area contributed by atoms with Crippen LogP contribution in [0.25, 0.3) is 0 Å². The quantitative estimate of drug-likeness (QED) is 0.844. The van der Waals surface area contributed by atoms with Gasteiger partial charge >= 0.3 is 0 Å². The standard InChI is InChI=1S/C16H26N4O/c1-3-9-17-15-5-4-6-16(19-15)20-10-7-14(8-11-20)12-18-13(2)21/h4-6,14H,3,7-12H2,1-2H3,(H,17,19)(H,18,21). The molecular weight excluding hydrogens is 264 g/mol. The average molecular weight is 290 g/mol. The van der Waals surface area contributed by atoms with Crippen molar-refractivity contribution in [1.29, 1.82) is 0 Å². The maximum absolute atomic E-state index is 11.0. The molecule has 1 aliphatic heterocycles. The molecule has 116 valence electrons. The molecule has 1 saturated heterocycles. The van der Waals surface area contributed by atoms with E-state index in [4.69, 9.17) is 0 Å². The minimum Gasteiger partial charge on any atom is -0.370 e. The zero-order chi connectivity index (χ0) is 15.1. The maximum Gasteiger partial charge on any atom is 0.216 e. The molecule has 0 unspecified atom stereocenters. The molecule has 0 radical (unpaired) electrons. The van der Waals surface area contributed by atoms with Gasteiger partial charge in [0.05, 0.1) is 0 Å². The Morgan fingerprint density at radius 3 is 2.81 bits per heavy atom. The smallest absolute Gasteiger partial charge is 0.216 e. The summed E-state index contributed by atoms with van der Waals surface area (Å²) >= 11 is 0. The van der Waals surface area contributed by atoms with Crippen molar-refractivity contribution in [1.82, 2.24) is 10.3 Å². The van der Waals surface area contributed by atoms with E-state index >= 15 is 0 Å². The van der Waals surface area contributed by atoms with Gasteiger partial charge in [0.25, 0.3) is 0 Å². The van der Waals surface area contributed by atoms with E-state index in [1.165, 1.54) is 0 Å². The highest BCUT2D eigenvalue weighted by atomic mass is 16.1. The number of rotatable bonds is 6. The Labute approximate surface area is 127 Å². The van der Waals surface area contributed by atoms with Crippen LogP contribution in [0, 0.1) is 5.92 Å². The van der Waals surface area contributed by atoms with Gasteiger partial charge in [-0.05, 0) is 37.3 Å². The van der Waals surface area contributed by atoms with E-state index in [-0.39, 0.29) is 5.91 Å². The van der Waals surface area contributed by atoms with Gasteiger partial charge in [0.1, 0.15) is 11.6 Å². The Bertz CT molecular complexity index is 455. The summed E-state index contributed by atoms with van der Waals surface area (Å²) in [5.41, 5.74) is 0. The number of nitrogens with one attached hydrogen (secondary N) is 2. The van der Waals surface area contributed by atoms with Gasteiger partial charge in [0.2, 0.25) is 5.91 Å². The topological polar surface area (TPSA) is 57.3 Å². The minimum absolute atomic E-state index is 0.0637. The highest BCUT2D eigenvalue weighted by molar-refractivity contribution is 5.72. The molecule has 1 aliphatic rings. The molecule has 1 fully saturated rings. The third kappa shape index (κ3) is 4.92. The molecule has 5 heteroatoms. The fourth-order valence-electron chi connectivity index (χ4n) is 2.61. The van der Waals surface area contributed by atoms with Crippen LogP contribution < -0.4 is 15.5 Å². The van der Waals surface area contributed by atoms with Crippen LogP contribution in [-0.2, 0) is 4.79 Å². The van der Waals surface area contributed by atoms with Gasteiger partial charge in [-0.25, -0.2) is 4.98 Å². The van der Waals surface area contributed by atoms with E-state index in [9.17, 15) is 4.79 Å². The van der Waals surface area contributed by atoms with Crippen molar-refractivity contribution >= 4 is 17.5 Å². The third-order valence-electron chi connectivity index (χ3n) is 3.87. The zero-order valence-corrected chi connectivity index (χ0v) is 13.1. The van der Waals surface area contributed by atoms with Crippen molar-refractivity contribution < 1.29 is 4.79 Å². The zero-order valence-electron chi connectivity index (χ0n) is 13.1. The van der Waals surface area contributed by atoms with E-state index in [1.54, 1.807) is 6.92 Å². The van der Waals surface area contributed by atoms with Crippen molar-refractivity contribution in [2.45, 2.75) is 33.1 Å². The van der Waals surface area contributed by atoms with Crippen LogP contribution in [0.1, 0.15) is 33.1 Å². The summed E-state index contributed by atoms with van der Waals surface area (Å²) in [5.74, 6) is 2.66. The molecule has 0 aromatic carbocycles. The molecule has 1 aromatic heterocycles. The average Bonchev–Trinajstić information content (AvgIpc) is 2.51. The first kappa shape index (κ1) is 15.6. The van der Waals surface area contributed by atoms with Crippen molar-refractivity contribution in [2.75, 3.05) is 36.4 Å². The lowest BCUT2D eigenvalue weighted by atomic mass is 9.97. The summed E-state index contributed by atoms with van der Waals surface area (Å²) in [4.78, 5) is 18.0. The summed E-state index contributed by atoms with van der Waals surface area (Å²) in [5, 5.41) is 6.25. The van der Waals surface area contributed by atoms with Gasteiger partial charge in [-0.2, -0.15) is 0 Å². The van der Waals surface area contributed by atoms with Gasteiger partial charge in [0, 0.05) is 33.1 Å². The van der Waals surface area contributed by atoms with E-state index in [0.29, 0.717) is 5.92 Å². The van der Waals surface area contributed by atoms with Gasteiger partial charge in [-0.1, -0.05) is 13.0 Å². The Hall–Kier alpha value is -1.78. The Kier molecular flexibility index (Phi) is 5.84. The molecule has 0 saturated carbocycles. The number of pyridine rings is 1. The molecule has 5 nitrogen and oxygen atoms in total. The molecule has 0 aliphatic carbocycles. The molecule has 0 atom stereocenters. The Balaban J connectivity index is 1.85. The molecule has 2 N–H and O–H groups in total. The lowest BCUT2D eigenvalue weighted by Gasteiger charge is -2.33. The van der Waals surface area contributed by atoms with Crippen LogP contribution >= 0.6 is 0 Å². The number of anilines is 2. The van der Waals surface area contributed by atoms with Crippen LogP contribution in [-0.4, -0.2) is 37.1 Å². The maximum atomic E-state index is 11.0. The first-order valence-corrected chi connectivity index (χ1v) is 7.89. The fourth-order valence-corrected chi connectivity index (χ4v) is 2.61. The molecule has 21 heavy (non-hydrogen) atoms. The highest BCUT2D eigenvalue weighted by Gasteiger charge is 2.20. The number of aromatic nitrogens is 1. The SMILES string of the molecule is CCCNc1cccc(N2CCC(CNC(C)=O)CC2)n1. The van der Waals surface area contributed by atoms with Crippen LogP contribution in [0.3, 0.4) is 0 Å². The number of hydrogen-bond acceptors (Lipinski definition) is 4. The minimum atomic E-state index is 0.0637. The van der Waals surface area contributed by atoms with Gasteiger partial charge < -0.3 is 15.5 Å². The van der Waals surface area contributed by atoms with Crippen molar-refractivity contribution in [2.24, 2.45) is 5.92 Å². The van der Waals surface area contributed by atoms with Crippen molar-refractivity contribution in [3.05, 3.63) is 18.2 Å². The summed E-state index contributed by atoms with van der Waals surface area (Å²) in [7, 11) is 0. The number of nitrogens with zero attached hydrogens (tertiary/aromatic N) is 2. The Morgan fingerprint density at radius 1 is 1.38 bits per heavy atom. The molecule has 1 amide bonds. The van der Waals surface area contributed by atoms with Gasteiger partial charge in [-0.15, -0.1) is 0 Å². The number of amides is 1. The van der Waals surface area contributed by atoms with Crippen LogP contribution in [0.15, 0.2) is 18.2 Å². The second kappa shape index (κ2) is 7.86. The molecule has 0 spiro atoms. The van der Waals surface area contributed by atoms with Crippen LogP contribution in [0.5, 0.6) is 0 Å². The molecular formula is C16H26N4O. The largest absolute Gasteiger partial charge is 0.370 e. The van der Waals surface area contributed by atoms with E-state index in [1.807, 2.05) is 6.07 Å². The van der Waals surface area contributed by atoms with E-state index < -0.39 is 0 Å². The molecule has 0 bridgehead atoms. The van der Waals surface area contributed by atoms with Crippen molar-refractivity contribution in [3.8, 4) is 0 Å². The predicted octanol–water partition coefficient (Wildman–Crippen LogP) is 2.26. The van der Waals surface area contributed by atoms with Gasteiger partial charge in [-0.3, -0.25) is 4.79 Å². The summed E-state index contributed by atoms with van der Waals surface area (Å²) in [6.45, 7) is 7.50. The number of hydrogen-bond donors (Lipinski definition) is 2. The lowest BCUT2D eigenvalue weighted by Crippen LogP contribution is -2.38. The van der Waals surface area contributed by atoms with E-state index in [2.05, 4.69) is 39.6 Å². The monoisotopic (exact) mass is 290 g/mol. The number of piperidine rings is 1. The third-order valence-corrected chi connectivity index (χ3v) is 3.87. The predicted molar refractivity (Wildman–Crippen MR) is 86.6 cm³/mol. The Morgan fingerprint density at radius 2 is 2.14 bits per heavy atom. The van der Waals surface area contributed by atoms with Gasteiger partial charge in [0.15, 0.2) is 0 Å². The lowest BCUT2D eigenvalue weighted by molar-refractivity contribution is -0.119. The molecule has 1 aromatic rings. The summed E-state index contributed by atoms with van der Waals surface area (Å²) in [6, 6.07) is 6.15. The highest BCUT2D eigenvalue weighted by Crippen LogP contribution is 2.22. The number of carbonyl (C=O) groups excluding carboxylic acids is 1. The normalized spacial score (nSPS) is 15.8. The van der Waals surface area contributed by atoms with Crippen LogP contribution in [0.2, 0.25) is 0 Å². The first-order valence-electron chi connectivity index (χ1n) is 7.89. The summed E-state index contributed by atoms with van der Waals surface area (Å²) < 4.78 is 0. The number of carbonyl (C=O) groups is 1. The first-order chi connectivity index (χ1) is 10.2.